The SMILES string of the molecule is CCC(=O)OCNC(=O)OC. The molecule has 0 aliphatic rings. The summed E-state index contributed by atoms with van der Waals surface area (Å²) in [5.74, 6) is -0.360. The van der Waals surface area contributed by atoms with Gasteiger partial charge in [-0.1, -0.05) is 6.92 Å². The van der Waals surface area contributed by atoms with Crippen LogP contribution in [0.3, 0.4) is 0 Å². The van der Waals surface area contributed by atoms with Gasteiger partial charge in [0, 0.05) is 6.42 Å². The first-order chi connectivity index (χ1) is 5.20. The highest BCUT2D eigenvalue weighted by Crippen LogP contribution is 1.81. The number of hydrogen-bond donors (Lipinski definition) is 1. The molecule has 0 aliphatic heterocycles. The molecule has 1 N–H and O–H groups in total. The van der Waals surface area contributed by atoms with Crippen molar-refractivity contribution in [1.29, 1.82) is 0 Å². The molecule has 5 nitrogen and oxygen atoms in total. The first-order valence-electron chi connectivity index (χ1n) is 3.18. The van der Waals surface area contributed by atoms with Gasteiger partial charge < -0.3 is 9.47 Å². The summed E-state index contributed by atoms with van der Waals surface area (Å²) in [6.45, 7) is 1.53. The quantitative estimate of drug-likeness (QED) is 0.476. The van der Waals surface area contributed by atoms with E-state index in [1.165, 1.54) is 7.11 Å². The standard InChI is InChI=1S/C6H11NO4/c1-3-5(8)11-4-7-6(9)10-2/h3-4H2,1-2H3,(H,7,9). The van der Waals surface area contributed by atoms with Crippen LogP contribution in [-0.4, -0.2) is 25.9 Å². The third-order valence-electron chi connectivity index (χ3n) is 0.924. The zero-order chi connectivity index (χ0) is 8.69. The van der Waals surface area contributed by atoms with Crippen LogP contribution in [0.4, 0.5) is 4.79 Å². The van der Waals surface area contributed by atoms with Crippen molar-refractivity contribution in [3.8, 4) is 0 Å². The monoisotopic (exact) mass is 161 g/mol. The Balaban J connectivity index is 3.27. The third-order valence-corrected chi connectivity index (χ3v) is 0.924. The number of carbonyl (C=O) groups excluding carboxylic acids is 2. The van der Waals surface area contributed by atoms with E-state index in [2.05, 4.69) is 14.8 Å². The predicted octanol–water partition coefficient (Wildman–Crippen LogP) is 0.253. The van der Waals surface area contributed by atoms with Crippen molar-refractivity contribution >= 4 is 12.1 Å². The topological polar surface area (TPSA) is 64.6 Å². The van der Waals surface area contributed by atoms with Gasteiger partial charge in [-0.3, -0.25) is 10.1 Å². The number of methoxy groups -OCH3 is 1. The molecule has 1 amide bonds. The summed E-state index contributed by atoms with van der Waals surface area (Å²) in [5, 5.41) is 2.19. The van der Waals surface area contributed by atoms with Crippen LogP contribution < -0.4 is 5.32 Å². The van der Waals surface area contributed by atoms with Gasteiger partial charge in [-0.2, -0.15) is 0 Å². The molecule has 0 aliphatic carbocycles. The van der Waals surface area contributed by atoms with Crippen LogP contribution in [0.1, 0.15) is 13.3 Å². The molecule has 0 aromatic heterocycles. The highest BCUT2D eigenvalue weighted by atomic mass is 16.6. The largest absolute Gasteiger partial charge is 0.453 e. The van der Waals surface area contributed by atoms with Crippen molar-refractivity contribution in [2.75, 3.05) is 13.8 Å². The summed E-state index contributed by atoms with van der Waals surface area (Å²) in [5.41, 5.74) is 0. The first kappa shape index (κ1) is 9.74. The van der Waals surface area contributed by atoms with E-state index >= 15 is 0 Å². The lowest BCUT2D eigenvalue weighted by Crippen LogP contribution is -2.27. The fourth-order valence-corrected chi connectivity index (χ4v) is 0.350. The van der Waals surface area contributed by atoms with Gasteiger partial charge in [-0.05, 0) is 0 Å². The van der Waals surface area contributed by atoms with Gasteiger partial charge in [0.05, 0.1) is 7.11 Å². The molecule has 0 spiro atoms. The van der Waals surface area contributed by atoms with E-state index in [0.29, 0.717) is 6.42 Å². The number of esters is 1. The molecule has 0 aromatic rings. The Hall–Kier alpha value is -1.26. The second-order valence-electron chi connectivity index (χ2n) is 1.68. The van der Waals surface area contributed by atoms with E-state index in [-0.39, 0.29) is 12.7 Å². The lowest BCUT2D eigenvalue weighted by molar-refractivity contribution is -0.143. The Morgan fingerprint density at radius 3 is 2.55 bits per heavy atom. The van der Waals surface area contributed by atoms with Crippen molar-refractivity contribution in [1.82, 2.24) is 5.32 Å². The highest BCUT2D eigenvalue weighted by molar-refractivity contribution is 5.70. The molecule has 0 bridgehead atoms. The molecule has 5 heteroatoms. The summed E-state index contributed by atoms with van der Waals surface area (Å²) in [7, 11) is 1.23. The van der Waals surface area contributed by atoms with Crippen molar-refractivity contribution < 1.29 is 19.1 Å². The highest BCUT2D eigenvalue weighted by Gasteiger charge is 1.99. The Kier molecular flexibility index (Phi) is 4.89. The molecule has 0 radical (unpaired) electrons. The van der Waals surface area contributed by atoms with Crippen LogP contribution >= 0.6 is 0 Å². The lowest BCUT2D eigenvalue weighted by Gasteiger charge is -2.03. The van der Waals surface area contributed by atoms with Crippen LogP contribution in [0.5, 0.6) is 0 Å². The summed E-state index contributed by atoms with van der Waals surface area (Å²) in [6.07, 6.45) is -0.322. The van der Waals surface area contributed by atoms with Crippen LogP contribution in [0.2, 0.25) is 0 Å². The fraction of sp³-hybridized carbons (Fsp3) is 0.667. The molecule has 0 rings (SSSR count). The van der Waals surface area contributed by atoms with E-state index in [1.807, 2.05) is 0 Å². The maximum absolute atomic E-state index is 10.5. The van der Waals surface area contributed by atoms with Crippen molar-refractivity contribution in [2.24, 2.45) is 0 Å². The van der Waals surface area contributed by atoms with Gasteiger partial charge in [0.15, 0.2) is 6.73 Å². The van der Waals surface area contributed by atoms with E-state index in [4.69, 9.17) is 0 Å². The van der Waals surface area contributed by atoms with Crippen LogP contribution in [0.25, 0.3) is 0 Å². The minimum absolute atomic E-state index is 0.140. The van der Waals surface area contributed by atoms with Crippen molar-refractivity contribution in [3.05, 3.63) is 0 Å². The number of nitrogens with one attached hydrogen (secondary N) is 1. The number of hydrogen-bond acceptors (Lipinski definition) is 4. The van der Waals surface area contributed by atoms with Gasteiger partial charge in [0.25, 0.3) is 0 Å². The maximum Gasteiger partial charge on any atom is 0.409 e. The van der Waals surface area contributed by atoms with E-state index in [1.54, 1.807) is 6.92 Å². The minimum atomic E-state index is -0.617. The number of alkyl carbamates (subject to hydrolysis) is 1. The Morgan fingerprint density at radius 2 is 2.09 bits per heavy atom. The second kappa shape index (κ2) is 5.52. The van der Waals surface area contributed by atoms with Gasteiger partial charge >= 0.3 is 12.1 Å². The number of amides is 1. The Labute approximate surface area is 64.7 Å². The molecule has 0 atom stereocenters. The zero-order valence-electron chi connectivity index (χ0n) is 6.55. The zero-order valence-corrected chi connectivity index (χ0v) is 6.55. The van der Waals surface area contributed by atoms with Gasteiger partial charge in [0.1, 0.15) is 0 Å². The summed E-state index contributed by atoms with van der Waals surface area (Å²) in [6, 6.07) is 0. The third kappa shape index (κ3) is 5.20. The fourth-order valence-electron chi connectivity index (χ4n) is 0.350. The lowest BCUT2D eigenvalue weighted by atomic mass is 10.5. The van der Waals surface area contributed by atoms with Crippen molar-refractivity contribution in [2.45, 2.75) is 13.3 Å². The summed E-state index contributed by atoms with van der Waals surface area (Å²) < 4.78 is 8.74. The molecule has 64 valence electrons. The van der Waals surface area contributed by atoms with E-state index < -0.39 is 6.09 Å². The van der Waals surface area contributed by atoms with Crippen LogP contribution in [0.15, 0.2) is 0 Å². The van der Waals surface area contributed by atoms with E-state index in [0.717, 1.165) is 0 Å². The van der Waals surface area contributed by atoms with Crippen LogP contribution in [-0.2, 0) is 14.3 Å². The molecule has 0 saturated carbocycles. The average molecular weight is 161 g/mol. The number of carbonyl (C=O) groups is 2. The molecule has 0 fully saturated rings. The molecular formula is C6H11NO4. The minimum Gasteiger partial charge on any atom is -0.453 e. The molecule has 0 aromatic carbocycles. The normalized spacial score (nSPS) is 8.55. The number of ether oxygens (including phenoxy) is 2. The van der Waals surface area contributed by atoms with Crippen LogP contribution in [0, 0.1) is 0 Å². The predicted molar refractivity (Wildman–Crippen MR) is 36.8 cm³/mol. The summed E-state index contributed by atoms with van der Waals surface area (Å²) in [4.78, 5) is 20.8. The number of rotatable bonds is 3. The van der Waals surface area contributed by atoms with Crippen molar-refractivity contribution in [3.63, 3.8) is 0 Å². The molecule has 0 saturated heterocycles. The first-order valence-corrected chi connectivity index (χ1v) is 3.18. The van der Waals surface area contributed by atoms with Gasteiger partial charge in [-0.15, -0.1) is 0 Å². The molecular weight excluding hydrogens is 150 g/mol. The maximum atomic E-state index is 10.5. The molecule has 11 heavy (non-hydrogen) atoms. The van der Waals surface area contributed by atoms with Gasteiger partial charge in [0.2, 0.25) is 0 Å². The van der Waals surface area contributed by atoms with E-state index in [9.17, 15) is 9.59 Å². The second-order valence-corrected chi connectivity index (χ2v) is 1.68. The molecule has 0 unspecified atom stereocenters. The molecule has 0 heterocycles. The Morgan fingerprint density at radius 1 is 1.45 bits per heavy atom. The summed E-state index contributed by atoms with van der Waals surface area (Å²) >= 11 is 0. The van der Waals surface area contributed by atoms with Gasteiger partial charge in [-0.25, -0.2) is 4.79 Å². The Bertz CT molecular complexity index is 130. The average Bonchev–Trinajstić information content (AvgIpc) is 2.04. The smallest absolute Gasteiger partial charge is 0.409 e.